The molecule has 5 nitrogen and oxygen atoms in total. The smallest absolute Gasteiger partial charge is 0.284 e. The number of allylic oxidation sites excluding steroid dienone is 1. The molecule has 0 aromatic heterocycles. The van der Waals surface area contributed by atoms with E-state index in [0.717, 1.165) is 22.5 Å². The Morgan fingerprint density at radius 2 is 1.49 bits per heavy atom. The van der Waals surface area contributed by atoms with Crippen molar-refractivity contribution in [3.05, 3.63) is 132 Å². The second-order valence-corrected chi connectivity index (χ2v) is 14.3. The number of sulfonamides is 1. The molecule has 0 radical (unpaired) electrons. The third-order valence-corrected chi connectivity index (χ3v) is 11.8. The lowest BCUT2D eigenvalue weighted by molar-refractivity contribution is 0.529. The molecule has 39 heavy (non-hydrogen) atoms. The molecule has 4 aromatic carbocycles. The lowest BCUT2D eigenvalue weighted by Crippen LogP contribution is -2.24. The van der Waals surface area contributed by atoms with Crippen molar-refractivity contribution in [2.75, 3.05) is 11.9 Å². The number of hydrogen-bond acceptors (Lipinski definition) is 4. The molecule has 1 aliphatic heterocycles. The lowest BCUT2D eigenvalue weighted by Gasteiger charge is -2.29. The number of fused-ring (bicyclic) bond motifs is 1. The topological polar surface area (TPSA) is 59.0 Å². The summed E-state index contributed by atoms with van der Waals surface area (Å²) in [6.07, 6.45) is 0. The van der Waals surface area contributed by atoms with Gasteiger partial charge in [-0.1, -0.05) is 80.1 Å². The van der Waals surface area contributed by atoms with E-state index in [1.165, 1.54) is 24.3 Å². The van der Waals surface area contributed by atoms with Crippen molar-refractivity contribution in [3.8, 4) is 5.75 Å². The van der Waals surface area contributed by atoms with Crippen LogP contribution < -0.4 is 14.7 Å². The van der Waals surface area contributed by atoms with Crippen molar-refractivity contribution in [2.24, 2.45) is 4.15 Å². The summed E-state index contributed by atoms with van der Waals surface area (Å²) in [5.41, 5.74) is 3.35. The van der Waals surface area contributed by atoms with Gasteiger partial charge >= 0.3 is 0 Å². The van der Waals surface area contributed by atoms with Crippen molar-refractivity contribution in [3.63, 3.8) is 0 Å². The number of aryl methyl sites for hydroxylation is 1. The standard InChI is InChI=1S/C31H30FN2O3PS/c1-23-18-20-25(21-19-23)39(35,36)33-38(24-12-6-5-7-13-24,37-29-17-11-9-15-27(29)32)22-30-31(2,3)26-14-8-10-16-28(26)34(30)4/h5-22H,1-4H3/b30-22-/t38-/m1/s1. The number of halogens is 1. The largest absolute Gasteiger partial charge is 0.448 e. The molecule has 1 aliphatic rings. The minimum absolute atomic E-state index is 0.0475. The Morgan fingerprint density at radius 3 is 2.15 bits per heavy atom. The van der Waals surface area contributed by atoms with Gasteiger partial charge in [-0.25, -0.2) is 4.39 Å². The number of hydrogen-bond donors (Lipinski definition) is 0. The fourth-order valence-corrected chi connectivity index (χ4v) is 9.88. The third kappa shape index (κ3) is 5.05. The fraction of sp³-hybridized carbons (Fsp3) is 0.161. The first kappa shape index (κ1) is 26.9. The maximum Gasteiger partial charge on any atom is 0.284 e. The average Bonchev–Trinajstić information content (AvgIpc) is 3.11. The molecule has 0 N–H and O–H groups in total. The van der Waals surface area contributed by atoms with Crippen molar-refractivity contribution in [1.82, 2.24) is 0 Å². The first-order valence-electron chi connectivity index (χ1n) is 12.5. The molecule has 0 spiro atoms. The summed E-state index contributed by atoms with van der Waals surface area (Å²) in [6.45, 7) is 6.05. The number of nitrogens with zero attached hydrogens (tertiary/aromatic N) is 2. The highest BCUT2D eigenvalue weighted by molar-refractivity contribution is 7.95. The molecular weight excluding hydrogens is 530 g/mol. The molecule has 5 rings (SSSR count). The van der Waals surface area contributed by atoms with E-state index in [4.69, 9.17) is 4.52 Å². The molecule has 1 atom stereocenters. The summed E-state index contributed by atoms with van der Waals surface area (Å²) < 4.78 is 53.9. The highest BCUT2D eigenvalue weighted by atomic mass is 32.2. The molecule has 0 saturated heterocycles. The Kier molecular flexibility index (Phi) is 7.00. The Balaban J connectivity index is 1.85. The van der Waals surface area contributed by atoms with Crippen LogP contribution in [0.5, 0.6) is 5.75 Å². The van der Waals surface area contributed by atoms with E-state index in [1.807, 2.05) is 49.0 Å². The summed E-state index contributed by atoms with van der Waals surface area (Å²) in [4.78, 5) is 2.08. The summed E-state index contributed by atoms with van der Waals surface area (Å²) >= 11 is 0. The maximum atomic E-state index is 15.1. The number of para-hydroxylation sites is 2. The highest BCUT2D eigenvalue weighted by Crippen LogP contribution is 2.58. The Hall–Kier alpha value is -3.67. The van der Waals surface area contributed by atoms with E-state index in [9.17, 15) is 8.42 Å². The van der Waals surface area contributed by atoms with Gasteiger partial charge in [0.05, 0.1) is 4.90 Å². The SMILES string of the molecule is Cc1ccc(S(=O)(=O)N=[P@](/C=C2\N(C)c3ccccc3C2(C)C)(Oc2ccccc2F)c2ccccc2)cc1. The van der Waals surface area contributed by atoms with Crippen LogP contribution in [0.15, 0.2) is 124 Å². The van der Waals surface area contributed by atoms with Gasteiger partial charge in [0, 0.05) is 35.0 Å². The molecule has 0 fully saturated rings. The van der Waals surface area contributed by atoms with Crippen LogP contribution in [0.4, 0.5) is 10.1 Å². The molecule has 4 aromatic rings. The van der Waals surface area contributed by atoms with E-state index in [2.05, 4.69) is 24.1 Å². The number of rotatable bonds is 6. The number of benzene rings is 4. The van der Waals surface area contributed by atoms with Gasteiger partial charge in [0.25, 0.3) is 10.0 Å². The zero-order valence-corrected chi connectivity index (χ0v) is 24.0. The van der Waals surface area contributed by atoms with Gasteiger partial charge in [0.15, 0.2) is 11.6 Å². The molecule has 0 unspecified atom stereocenters. The zero-order valence-electron chi connectivity index (χ0n) is 22.2. The van der Waals surface area contributed by atoms with Crippen LogP contribution in [0.1, 0.15) is 25.0 Å². The first-order chi connectivity index (χ1) is 18.5. The highest BCUT2D eigenvalue weighted by Gasteiger charge is 2.41. The second-order valence-electron chi connectivity index (χ2n) is 10.1. The number of anilines is 1. The summed E-state index contributed by atoms with van der Waals surface area (Å²) in [6, 6.07) is 29.6. The van der Waals surface area contributed by atoms with Crippen LogP contribution in [0, 0.1) is 12.7 Å². The van der Waals surface area contributed by atoms with Gasteiger partial charge in [-0.3, -0.25) is 0 Å². The molecule has 8 heteroatoms. The van der Waals surface area contributed by atoms with Crippen molar-refractivity contribution < 1.29 is 17.3 Å². The van der Waals surface area contributed by atoms with Crippen LogP contribution >= 0.6 is 7.28 Å². The summed E-state index contributed by atoms with van der Waals surface area (Å²) in [5, 5.41) is 0.552. The normalized spacial score (nSPS) is 16.9. The van der Waals surface area contributed by atoms with Crippen LogP contribution in [-0.4, -0.2) is 15.5 Å². The van der Waals surface area contributed by atoms with Crippen LogP contribution in [0.3, 0.4) is 0 Å². The van der Waals surface area contributed by atoms with Crippen LogP contribution in [-0.2, 0) is 15.4 Å². The van der Waals surface area contributed by atoms with Crippen molar-refractivity contribution >= 4 is 28.3 Å². The predicted octanol–water partition coefficient (Wildman–Crippen LogP) is 7.61. The van der Waals surface area contributed by atoms with E-state index in [1.54, 1.807) is 48.5 Å². The molecule has 0 saturated carbocycles. The molecule has 0 aliphatic carbocycles. The maximum absolute atomic E-state index is 15.1. The van der Waals surface area contributed by atoms with Crippen LogP contribution in [0.2, 0.25) is 0 Å². The Labute approximate surface area is 229 Å². The van der Waals surface area contributed by atoms with E-state index in [-0.39, 0.29) is 10.6 Å². The molecule has 200 valence electrons. The summed E-state index contributed by atoms with van der Waals surface area (Å²) in [5.74, 6) is 1.16. The monoisotopic (exact) mass is 560 g/mol. The molecule has 1 heterocycles. The third-order valence-electron chi connectivity index (χ3n) is 6.99. The molecule has 0 amide bonds. The number of likely N-dealkylation sites (N-methyl/N-ethyl adjacent to an activating group) is 1. The van der Waals surface area contributed by atoms with Gasteiger partial charge in [0.2, 0.25) is 7.28 Å². The van der Waals surface area contributed by atoms with Gasteiger partial charge in [-0.05, 0) is 55.0 Å². The Morgan fingerprint density at radius 1 is 0.872 bits per heavy atom. The van der Waals surface area contributed by atoms with Gasteiger partial charge in [0.1, 0.15) is 0 Å². The summed E-state index contributed by atoms with van der Waals surface area (Å²) in [7, 11) is -5.87. The lowest BCUT2D eigenvalue weighted by atomic mass is 9.84. The van der Waals surface area contributed by atoms with Gasteiger partial charge in [-0.15, -0.1) is 4.15 Å². The van der Waals surface area contributed by atoms with Crippen molar-refractivity contribution in [1.29, 1.82) is 0 Å². The van der Waals surface area contributed by atoms with E-state index >= 15 is 4.39 Å². The van der Waals surface area contributed by atoms with Gasteiger partial charge < -0.3 is 9.42 Å². The quantitative estimate of drug-likeness (QED) is 0.228. The Bertz CT molecular complexity index is 1720. The molecule has 0 bridgehead atoms. The zero-order chi connectivity index (χ0) is 27.8. The average molecular weight is 561 g/mol. The molecular formula is C31H30FN2O3PS. The fourth-order valence-electron chi connectivity index (χ4n) is 4.86. The van der Waals surface area contributed by atoms with Crippen molar-refractivity contribution in [2.45, 2.75) is 31.1 Å². The van der Waals surface area contributed by atoms with E-state index in [0.29, 0.717) is 5.30 Å². The first-order valence-corrected chi connectivity index (χ1v) is 15.7. The minimum atomic E-state index is -4.22. The van der Waals surface area contributed by atoms with E-state index < -0.39 is 28.5 Å². The van der Waals surface area contributed by atoms with Crippen LogP contribution in [0.25, 0.3) is 0 Å². The minimum Gasteiger partial charge on any atom is -0.448 e. The predicted molar refractivity (Wildman–Crippen MR) is 157 cm³/mol. The second kappa shape index (κ2) is 10.1. The van der Waals surface area contributed by atoms with Gasteiger partial charge in [-0.2, -0.15) is 8.42 Å².